The SMILES string of the molecule is COC(=O)CCN(C)S(=O)(=O)CC(C)CCl. The molecule has 0 aliphatic rings. The maximum absolute atomic E-state index is 11.7. The standard InChI is InChI=1S/C9H18ClNO4S/c1-8(6-10)7-16(13,14)11(2)5-4-9(12)15-3/h8H,4-7H2,1-3H3. The smallest absolute Gasteiger partial charge is 0.306 e. The van der Waals surface area contributed by atoms with E-state index in [0.29, 0.717) is 5.88 Å². The molecular formula is C9H18ClNO4S. The molecule has 0 amide bonds. The number of sulfonamides is 1. The molecule has 0 aromatic carbocycles. The van der Waals surface area contributed by atoms with Gasteiger partial charge in [-0.05, 0) is 5.92 Å². The van der Waals surface area contributed by atoms with Crippen LogP contribution in [0.15, 0.2) is 0 Å². The van der Waals surface area contributed by atoms with E-state index in [-0.39, 0.29) is 24.6 Å². The number of halogens is 1. The summed E-state index contributed by atoms with van der Waals surface area (Å²) in [6.45, 7) is 1.89. The molecule has 0 saturated heterocycles. The zero-order valence-electron chi connectivity index (χ0n) is 9.77. The van der Waals surface area contributed by atoms with E-state index >= 15 is 0 Å². The molecule has 0 fully saturated rings. The second-order valence-electron chi connectivity index (χ2n) is 3.69. The Kier molecular flexibility index (Phi) is 6.94. The lowest BCUT2D eigenvalue weighted by Gasteiger charge is -2.18. The van der Waals surface area contributed by atoms with Gasteiger partial charge in [0.2, 0.25) is 10.0 Å². The minimum Gasteiger partial charge on any atom is -0.469 e. The first-order chi connectivity index (χ1) is 7.33. The van der Waals surface area contributed by atoms with Gasteiger partial charge in [0.05, 0.1) is 19.3 Å². The lowest BCUT2D eigenvalue weighted by atomic mass is 10.3. The molecule has 0 N–H and O–H groups in total. The first-order valence-corrected chi connectivity index (χ1v) is 7.04. The third kappa shape index (κ3) is 5.67. The Morgan fingerprint density at radius 1 is 1.50 bits per heavy atom. The van der Waals surface area contributed by atoms with Crippen molar-refractivity contribution in [3.05, 3.63) is 0 Å². The molecule has 0 spiro atoms. The quantitative estimate of drug-likeness (QED) is 0.505. The Bertz CT molecular complexity index is 317. The molecule has 5 nitrogen and oxygen atoms in total. The molecule has 0 radical (unpaired) electrons. The van der Waals surface area contributed by atoms with Crippen LogP contribution in [-0.2, 0) is 19.6 Å². The molecular weight excluding hydrogens is 254 g/mol. The zero-order chi connectivity index (χ0) is 12.8. The summed E-state index contributed by atoms with van der Waals surface area (Å²) in [5.41, 5.74) is 0. The molecule has 0 saturated carbocycles. The highest BCUT2D eigenvalue weighted by molar-refractivity contribution is 7.89. The van der Waals surface area contributed by atoms with Gasteiger partial charge in [0.25, 0.3) is 0 Å². The van der Waals surface area contributed by atoms with Crippen molar-refractivity contribution in [2.45, 2.75) is 13.3 Å². The molecule has 7 heteroatoms. The minimum absolute atomic E-state index is 0.00578. The van der Waals surface area contributed by atoms with Crippen LogP contribution in [0, 0.1) is 5.92 Å². The van der Waals surface area contributed by atoms with Gasteiger partial charge in [0, 0.05) is 19.5 Å². The number of carbonyl (C=O) groups excluding carboxylic acids is 1. The predicted molar refractivity (Wildman–Crippen MR) is 62.9 cm³/mol. The van der Waals surface area contributed by atoms with Crippen LogP contribution in [0.25, 0.3) is 0 Å². The normalized spacial score (nSPS) is 13.8. The molecule has 0 aliphatic carbocycles. The summed E-state index contributed by atoms with van der Waals surface area (Å²) >= 11 is 5.56. The van der Waals surface area contributed by atoms with Crippen LogP contribution < -0.4 is 0 Å². The van der Waals surface area contributed by atoms with Gasteiger partial charge in [-0.1, -0.05) is 6.92 Å². The van der Waals surface area contributed by atoms with Crippen molar-refractivity contribution in [1.29, 1.82) is 0 Å². The van der Waals surface area contributed by atoms with Crippen molar-refractivity contribution in [2.24, 2.45) is 5.92 Å². The van der Waals surface area contributed by atoms with Gasteiger partial charge in [-0.15, -0.1) is 11.6 Å². The molecule has 1 unspecified atom stereocenters. The molecule has 0 bridgehead atoms. The van der Waals surface area contributed by atoms with Crippen LogP contribution in [0.2, 0.25) is 0 Å². The van der Waals surface area contributed by atoms with Gasteiger partial charge in [0.15, 0.2) is 0 Å². The first kappa shape index (κ1) is 15.7. The lowest BCUT2D eigenvalue weighted by Crippen LogP contribution is -2.33. The van der Waals surface area contributed by atoms with E-state index in [0.717, 1.165) is 4.31 Å². The lowest BCUT2D eigenvalue weighted by molar-refractivity contribution is -0.140. The Morgan fingerprint density at radius 2 is 2.06 bits per heavy atom. The molecule has 96 valence electrons. The number of hydrogen-bond acceptors (Lipinski definition) is 4. The second-order valence-corrected chi connectivity index (χ2v) is 6.11. The number of alkyl halides is 1. The predicted octanol–water partition coefficient (Wildman–Crippen LogP) is 0.686. The molecule has 0 rings (SSSR count). The highest BCUT2D eigenvalue weighted by Crippen LogP contribution is 2.08. The van der Waals surface area contributed by atoms with Crippen LogP contribution in [0.1, 0.15) is 13.3 Å². The highest BCUT2D eigenvalue weighted by atomic mass is 35.5. The molecule has 16 heavy (non-hydrogen) atoms. The third-order valence-electron chi connectivity index (χ3n) is 2.09. The van der Waals surface area contributed by atoms with E-state index in [2.05, 4.69) is 4.74 Å². The van der Waals surface area contributed by atoms with E-state index < -0.39 is 16.0 Å². The van der Waals surface area contributed by atoms with E-state index in [4.69, 9.17) is 11.6 Å². The third-order valence-corrected chi connectivity index (χ3v) is 4.74. The summed E-state index contributed by atoms with van der Waals surface area (Å²) in [5, 5.41) is 0. The van der Waals surface area contributed by atoms with E-state index in [1.54, 1.807) is 6.92 Å². The maximum Gasteiger partial charge on any atom is 0.306 e. The zero-order valence-corrected chi connectivity index (χ0v) is 11.3. The fourth-order valence-electron chi connectivity index (χ4n) is 1.02. The highest BCUT2D eigenvalue weighted by Gasteiger charge is 2.21. The Morgan fingerprint density at radius 3 is 2.50 bits per heavy atom. The van der Waals surface area contributed by atoms with Crippen molar-refractivity contribution < 1.29 is 17.9 Å². The number of ether oxygens (including phenoxy) is 1. The minimum atomic E-state index is -3.33. The summed E-state index contributed by atoms with van der Waals surface area (Å²) in [5.74, 6) is -0.238. The Labute approximate surface area is 102 Å². The van der Waals surface area contributed by atoms with Crippen LogP contribution >= 0.6 is 11.6 Å². The van der Waals surface area contributed by atoms with Crippen molar-refractivity contribution in [1.82, 2.24) is 4.31 Å². The summed E-state index contributed by atoms with van der Waals surface area (Å²) in [4.78, 5) is 10.9. The van der Waals surface area contributed by atoms with Gasteiger partial charge < -0.3 is 4.74 Å². The van der Waals surface area contributed by atoms with E-state index in [9.17, 15) is 13.2 Å². The van der Waals surface area contributed by atoms with Gasteiger partial charge in [-0.25, -0.2) is 12.7 Å². The Hall–Kier alpha value is -0.330. The molecule has 0 aliphatic heterocycles. The molecule has 0 aromatic heterocycles. The largest absolute Gasteiger partial charge is 0.469 e. The van der Waals surface area contributed by atoms with Crippen molar-refractivity contribution >= 4 is 27.6 Å². The van der Waals surface area contributed by atoms with E-state index in [1.165, 1.54) is 14.2 Å². The van der Waals surface area contributed by atoms with Gasteiger partial charge in [0.1, 0.15) is 0 Å². The number of carbonyl (C=O) groups is 1. The summed E-state index contributed by atoms with van der Waals surface area (Å²) in [6.07, 6.45) is 0.0570. The monoisotopic (exact) mass is 271 g/mol. The van der Waals surface area contributed by atoms with Gasteiger partial charge >= 0.3 is 5.97 Å². The summed E-state index contributed by atoms with van der Waals surface area (Å²) < 4.78 is 29.0. The number of hydrogen-bond donors (Lipinski definition) is 0. The Balaban J connectivity index is 4.25. The molecule has 1 atom stereocenters. The first-order valence-electron chi connectivity index (χ1n) is 4.90. The average molecular weight is 272 g/mol. The van der Waals surface area contributed by atoms with Crippen molar-refractivity contribution in [3.63, 3.8) is 0 Å². The number of methoxy groups -OCH3 is 1. The van der Waals surface area contributed by atoms with Crippen LogP contribution in [0.3, 0.4) is 0 Å². The molecule has 0 heterocycles. The summed E-state index contributed by atoms with van der Waals surface area (Å²) in [6, 6.07) is 0. The second kappa shape index (κ2) is 7.09. The van der Waals surface area contributed by atoms with Crippen molar-refractivity contribution in [3.8, 4) is 0 Å². The summed E-state index contributed by atoms with van der Waals surface area (Å²) in [7, 11) is -0.620. The van der Waals surface area contributed by atoms with Gasteiger partial charge in [-0.3, -0.25) is 4.79 Å². The van der Waals surface area contributed by atoms with Gasteiger partial charge in [-0.2, -0.15) is 0 Å². The van der Waals surface area contributed by atoms with Crippen LogP contribution in [0.4, 0.5) is 0 Å². The van der Waals surface area contributed by atoms with Crippen molar-refractivity contribution in [2.75, 3.05) is 32.3 Å². The number of esters is 1. The van der Waals surface area contributed by atoms with Crippen LogP contribution in [-0.4, -0.2) is 51.0 Å². The van der Waals surface area contributed by atoms with E-state index in [1.807, 2.05) is 0 Å². The number of nitrogens with zero attached hydrogens (tertiary/aromatic N) is 1. The maximum atomic E-state index is 11.7. The fourth-order valence-corrected chi connectivity index (χ4v) is 2.72. The topological polar surface area (TPSA) is 63.7 Å². The average Bonchev–Trinajstić information content (AvgIpc) is 2.24. The fraction of sp³-hybridized carbons (Fsp3) is 0.889. The van der Waals surface area contributed by atoms with Crippen LogP contribution in [0.5, 0.6) is 0 Å². The molecule has 0 aromatic rings. The number of rotatable bonds is 7.